The average molecular weight is 362 g/mol. The van der Waals surface area contributed by atoms with Crippen molar-refractivity contribution in [3.63, 3.8) is 0 Å². The smallest absolute Gasteiger partial charge is 0.147 e. The molecule has 1 aliphatic rings. The van der Waals surface area contributed by atoms with Crippen LogP contribution in [0.1, 0.15) is 12.5 Å². The highest BCUT2D eigenvalue weighted by molar-refractivity contribution is 5.92. The van der Waals surface area contributed by atoms with E-state index >= 15 is 0 Å². The summed E-state index contributed by atoms with van der Waals surface area (Å²) in [6.07, 6.45) is 2.74. The molecule has 1 atom stereocenters. The molecule has 0 fully saturated rings. The van der Waals surface area contributed by atoms with Crippen LogP contribution in [0.2, 0.25) is 0 Å². The molecule has 0 radical (unpaired) electrons. The van der Waals surface area contributed by atoms with Crippen molar-refractivity contribution in [2.75, 3.05) is 7.11 Å². The summed E-state index contributed by atoms with van der Waals surface area (Å²) in [7, 11) is 3.46. The Kier molecular flexibility index (Phi) is 3.27. The molecule has 0 saturated carbocycles. The standard InChI is InChI=1S/C20H19N5O2/c1-25-10-12(9-21-25)18-20-16(23-24-18)8-17(27-2)19(22-20)14-5-3-4-11-6-13(26)7-15(11)14/h3-5,8-10,13,26H,6-7H2,1-2H3,(H,23,24)/i13D. The highest BCUT2D eigenvalue weighted by Gasteiger charge is 2.25. The van der Waals surface area contributed by atoms with Gasteiger partial charge in [0.1, 0.15) is 22.7 Å². The SMILES string of the molecule is [2H]C1(O)Cc2cccc(-c3nc4c(-c5cnn(C)c5)n[nH]c4cc3OC)c2C1. The van der Waals surface area contributed by atoms with Gasteiger partial charge in [-0.25, -0.2) is 4.98 Å². The maximum absolute atomic E-state index is 10.2. The Morgan fingerprint density at radius 3 is 3.00 bits per heavy atom. The number of pyridine rings is 1. The van der Waals surface area contributed by atoms with Crippen molar-refractivity contribution < 1.29 is 11.2 Å². The van der Waals surface area contributed by atoms with Crippen LogP contribution in [0.15, 0.2) is 36.7 Å². The number of nitrogens with one attached hydrogen (secondary N) is 1. The summed E-state index contributed by atoms with van der Waals surface area (Å²) in [5, 5.41) is 21.9. The van der Waals surface area contributed by atoms with Crippen molar-refractivity contribution in [1.82, 2.24) is 25.0 Å². The van der Waals surface area contributed by atoms with E-state index in [1.165, 1.54) is 0 Å². The van der Waals surface area contributed by atoms with Crippen LogP contribution in [-0.4, -0.2) is 43.3 Å². The highest BCUT2D eigenvalue weighted by Crippen LogP contribution is 2.38. The Bertz CT molecular complexity index is 1210. The molecule has 0 amide bonds. The number of H-pyrrole nitrogens is 1. The first kappa shape index (κ1) is 14.9. The second kappa shape index (κ2) is 5.92. The van der Waals surface area contributed by atoms with E-state index in [-0.39, 0.29) is 6.42 Å². The van der Waals surface area contributed by atoms with Crippen LogP contribution >= 0.6 is 0 Å². The number of aromatic nitrogens is 5. The Labute approximate surface area is 157 Å². The summed E-state index contributed by atoms with van der Waals surface area (Å²) >= 11 is 0. The normalized spacial score (nSPS) is 19.3. The molecule has 5 rings (SSSR count). The van der Waals surface area contributed by atoms with Crippen LogP contribution < -0.4 is 4.74 Å². The topological polar surface area (TPSA) is 88.9 Å². The molecule has 27 heavy (non-hydrogen) atoms. The van der Waals surface area contributed by atoms with Gasteiger partial charge in [0.05, 0.1) is 26.3 Å². The van der Waals surface area contributed by atoms with Crippen molar-refractivity contribution in [2.45, 2.75) is 18.9 Å². The number of nitrogens with zero attached hydrogens (tertiary/aromatic N) is 4. The van der Waals surface area contributed by atoms with E-state index in [4.69, 9.17) is 11.1 Å². The lowest BCUT2D eigenvalue weighted by Crippen LogP contribution is -2.04. The van der Waals surface area contributed by atoms with Crippen LogP contribution in [0.3, 0.4) is 0 Å². The molecule has 1 unspecified atom stereocenters. The van der Waals surface area contributed by atoms with Gasteiger partial charge in [0.15, 0.2) is 0 Å². The zero-order valence-corrected chi connectivity index (χ0v) is 15.0. The van der Waals surface area contributed by atoms with Crippen molar-refractivity contribution >= 4 is 11.0 Å². The lowest BCUT2D eigenvalue weighted by molar-refractivity contribution is 0.187. The van der Waals surface area contributed by atoms with E-state index in [1.54, 1.807) is 18.0 Å². The third kappa shape index (κ3) is 2.50. The van der Waals surface area contributed by atoms with Crippen molar-refractivity contribution in [1.29, 1.82) is 0 Å². The molecule has 2 N–H and O–H groups in total. The number of hydrogen-bond donors (Lipinski definition) is 2. The predicted molar refractivity (Wildman–Crippen MR) is 101 cm³/mol. The fourth-order valence-electron chi connectivity index (χ4n) is 3.74. The van der Waals surface area contributed by atoms with Gasteiger partial charge in [-0.15, -0.1) is 0 Å². The van der Waals surface area contributed by atoms with Crippen molar-refractivity contribution in [2.24, 2.45) is 7.05 Å². The van der Waals surface area contributed by atoms with E-state index in [9.17, 15) is 5.11 Å². The first-order valence-electron chi connectivity index (χ1n) is 9.21. The van der Waals surface area contributed by atoms with E-state index in [1.807, 2.05) is 37.5 Å². The summed E-state index contributed by atoms with van der Waals surface area (Å²) in [6.45, 7) is 0. The van der Waals surface area contributed by atoms with Crippen LogP contribution in [0.4, 0.5) is 0 Å². The van der Waals surface area contributed by atoms with Crippen molar-refractivity contribution in [3.05, 3.63) is 47.8 Å². The first-order valence-corrected chi connectivity index (χ1v) is 8.71. The van der Waals surface area contributed by atoms with Gasteiger partial charge in [0.2, 0.25) is 0 Å². The monoisotopic (exact) mass is 362 g/mol. The number of aliphatic hydroxyl groups is 1. The number of rotatable bonds is 3. The molecule has 1 aromatic carbocycles. The number of benzene rings is 1. The van der Waals surface area contributed by atoms with E-state index in [2.05, 4.69) is 15.3 Å². The maximum Gasteiger partial charge on any atom is 0.147 e. The molecular formula is C20H19N5O2. The molecular weight excluding hydrogens is 342 g/mol. The number of aryl methyl sites for hydroxylation is 1. The van der Waals surface area contributed by atoms with Gasteiger partial charge in [0.25, 0.3) is 0 Å². The fourth-order valence-corrected chi connectivity index (χ4v) is 3.74. The number of hydrogen-bond acceptors (Lipinski definition) is 5. The van der Waals surface area contributed by atoms with E-state index in [0.29, 0.717) is 17.9 Å². The van der Waals surface area contributed by atoms with Gasteiger partial charge < -0.3 is 9.84 Å². The number of ether oxygens (including phenoxy) is 1. The largest absolute Gasteiger partial charge is 0.494 e. The third-order valence-corrected chi connectivity index (χ3v) is 5.00. The Hall–Kier alpha value is -3.19. The predicted octanol–water partition coefficient (Wildman–Crippen LogP) is 2.49. The van der Waals surface area contributed by atoms with Gasteiger partial charge in [-0.05, 0) is 24.0 Å². The molecule has 7 nitrogen and oxygen atoms in total. The molecule has 136 valence electrons. The minimum Gasteiger partial charge on any atom is -0.494 e. The summed E-state index contributed by atoms with van der Waals surface area (Å²) in [5.41, 5.74) is 6.54. The fraction of sp³-hybridized carbons (Fsp3) is 0.250. The van der Waals surface area contributed by atoms with Crippen LogP contribution in [0, 0.1) is 0 Å². The second-order valence-electron chi connectivity index (χ2n) is 6.77. The summed E-state index contributed by atoms with van der Waals surface area (Å²) in [6, 6.07) is 7.72. The van der Waals surface area contributed by atoms with Crippen LogP contribution in [0.25, 0.3) is 33.5 Å². The lowest BCUT2D eigenvalue weighted by atomic mass is 9.99. The highest BCUT2D eigenvalue weighted by atomic mass is 16.5. The molecule has 7 heteroatoms. The van der Waals surface area contributed by atoms with Crippen LogP contribution in [0.5, 0.6) is 5.75 Å². The van der Waals surface area contributed by atoms with Gasteiger partial charge in [-0.3, -0.25) is 9.78 Å². The zero-order valence-electron chi connectivity index (χ0n) is 16.0. The van der Waals surface area contributed by atoms with E-state index in [0.717, 1.165) is 39.0 Å². The molecule has 0 aliphatic heterocycles. The van der Waals surface area contributed by atoms with Gasteiger partial charge >= 0.3 is 0 Å². The Morgan fingerprint density at radius 2 is 2.22 bits per heavy atom. The van der Waals surface area contributed by atoms with Gasteiger partial charge in [-0.2, -0.15) is 10.2 Å². The molecule has 4 aromatic rings. The maximum atomic E-state index is 10.2. The van der Waals surface area contributed by atoms with Crippen molar-refractivity contribution in [3.8, 4) is 28.3 Å². The molecule has 0 spiro atoms. The first-order chi connectivity index (χ1) is 13.4. The van der Waals surface area contributed by atoms with E-state index < -0.39 is 6.08 Å². The Morgan fingerprint density at radius 1 is 1.33 bits per heavy atom. The average Bonchev–Trinajstić information content (AvgIpc) is 3.34. The molecule has 0 saturated heterocycles. The molecule has 1 aliphatic carbocycles. The zero-order chi connectivity index (χ0) is 19.5. The van der Waals surface area contributed by atoms with Crippen LogP contribution in [-0.2, 0) is 19.9 Å². The third-order valence-electron chi connectivity index (χ3n) is 5.00. The quantitative estimate of drug-likeness (QED) is 0.584. The van der Waals surface area contributed by atoms with Gasteiger partial charge in [0, 0.05) is 30.4 Å². The minimum absolute atomic E-state index is 0.266. The number of fused-ring (bicyclic) bond motifs is 2. The summed E-state index contributed by atoms with van der Waals surface area (Å²) in [4.78, 5) is 4.89. The summed E-state index contributed by atoms with van der Waals surface area (Å²) in [5.74, 6) is 0.614. The molecule has 3 heterocycles. The molecule has 3 aromatic heterocycles. The number of methoxy groups -OCH3 is 1. The van der Waals surface area contributed by atoms with Gasteiger partial charge in [-0.1, -0.05) is 18.2 Å². The molecule has 0 bridgehead atoms. The second-order valence-corrected chi connectivity index (χ2v) is 6.77. The minimum atomic E-state index is -1.48. The lowest BCUT2D eigenvalue weighted by Gasteiger charge is -2.12. The number of aromatic amines is 1. The Balaban J connectivity index is 1.74. The summed E-state index contributed by atoms with van der Waals surface area (Å²) < 4.78 is 15.4.